The van der Waals surface area contributed by atoms with Gasteiger partial charge in [-0.2, -0.15) is 0 Å². The minimum Gasteiger partial charge on any atom is -0.465 e. The second kappa shape index (κ2) is 4.73. The molecule has 11 heavy (non-hydrogen) atoms. The first-order valence-corrected chi connectivity index (χ1v) is 3.28. The largest absolute Gasteiger partial charge is 0.465 e. The van der Waals surface area contributed by atoms with Gasteiger partial charge in [-0.25, -0.2) is 4.79 Å². The molecule has 4 heteroatoms. The quantitative estimate of drug-likeness (QED) is 0.590. The topological polar surface area (TPSA) is 60.8 Å². The molecule has 0 radical (unpaired) electrons. The number of carboxylic acid groups (broad SMARTS) is 1. The molecule has 0 heterocycles. The van der Waals surface area contributed by atoms with Crippen molar-refractivity contribution in [3.8, 4) is 0 Å². The minimum absolute atomic E-state index is 0.0424. The van der Waals surface area contributed by atoms with Gasteiger partial charge in [-0.05, 0) is 6.92 Å². The van der Waals surface area contributed by atoms with E-state index in [1.54, 1.807) is 13.0 Å². The molecular weight excluding hydrogens is 146 g/mol. The number of rotatable bonds is 3. The van der Waals surface area contributed by atoms with E-state index in [9.17, 15) is 4.79 Å². The lowest BCUT2D eigenvalue weighted by molar-refractivity contribution is 0.159. The van der Waals surface area contributed by atoms with Gasteiger partial charge in [0, 0.05) is 13.6 Å². The fraction of sp³-hybridized carbons (Fsp3) is 0.571. The summed E-state index contributed by atoms with van der Waals surface area (Å²) in [5.74, 6) is 0. The molecule has 0 aliphatic carbocycles. The Morgan fingerprint density at radius 1 is 1.64 bits per heavy atom. The van der Waals surface area contributed by atoms with Crippen LogP contribution in [0.15, 0.2) is 11.6 Å². The van der Waals surface area contributed by atoms with Crippen LogP contribution in [0.4, 0.5) is 4.79 Å². The molecule has 0 aromatic carbocycles. The van der Waals surface area contributed by atoms with Crippen LogP contribution in [0.5, 0.6) is 0 Å². The highest BCUT2D eigenvalue weighted by Crippen LogP contribution is 1.95. The summed E-state index contributed by atoms with van der Waals surface area (Å²) in [6.07, 6.45) is 0.620. The van der Waals surface area contributed by atoms with Crippen LogP contribution in [0.25, 0.3) is 0 Å². The normalized spacial score (nSPS) is 11.4. The average Bonchev–Trinajstić information content (AvgIpc) is 1.87. The first-order valence-electron chi connectivity index (χ1n) is 3.28. The SMILES string of the molecule is CC(=CCO)CN(C)C(=O)O. The van der Waals surface area contributed by atoms with Crippen molar-refractivity contribution in [3.05, 3.63) is 11.6 Å². The molecule has 1 amide bonds. The van der Waals surface area contributed by atoms with Gasteiger partial charge in [0.1, 0.15) is 0 Å². The lowest BCUT2D eigenvalue weighted by atomic mass is 10.3. The second-order valence-corrected chi connectivity index (χ2v) is 2.37. The summed E-state index contributed by atoms with van der Waals surface area (Å²) in [6, 6.07) is 0. The Morgan fingerprint density at radius 3 is 2.55 bits per heavy atom. The number of amides is 1. The number of nitrogens with zero attached hydrogens (tertiary/aromatic N) is 1. The molecule has 0 saturated heterocycles. The first kappa shape index (κ1) is 9.97. The number of aliphatic hydroxyl groups excluding tert-OH is 1. The van der Waals surface area contributed by atoms with Gasteiger partial charge in [0.2, 0.25) is 0 Å². The number of likely N-dealkylation sites (N-methyl/N-ethyl adjacent to an activating group) is 1. The van der Waals surface area contributed by atoms with Crippen LogP contribution in [0.2, 0.25) is 0 Å². The van der Waals surface area contributed by atoms with Crippen molar-refractivity contribution >= 4 is 6.09 Å². The van der Waals surface area contributed by atoms with Gasteiger partial charge in [-0.1, -0.05) is 11.6 Å². The standard InChI is InChI=1S/C7H13NO3/c1-6(3-4-9)5-8(2)7(10)11/h3,9H,4-5H2,1-2H3,(H,10,11). The number of hydrogen-bond acceptors (Lipinski definition) is 2. The average molecular weight is 159 g/mol. The Balaban J connectivity index is 3.84. The molecule has 64 valence electrons. The summed E-state index contributed by atoms with van der Waals surface area (Å²) in [4.78, 5) is 11.4. The van der Waals surface area contributed by atoms with Crippen molar-refractivity contribution in [2.24, 2.45) is 0 Å². The van der Waals surface area contributed by atoms with Crippen LogP contribution >= 0.6 is 0 Å². The summed E-state index contributed by atoms with van der Waals surface area (Å²) in [5.41, 5.74) is 0.845. The molecule has 2 N–H and O–H groups in total. The molecule has 4 nitrogen and oxygen atoms in total. The van der Waals surface area contributed by atoms with E-state index in [2.05, 4.69) is 0 Å². The predicted octanol–water partition coefficient (Wildman–Crippen LogP) is 0.535. The Hall–Kier alpha value is -1.03. The zero-order valence-electron chi connectivity index (χ0n) is 6.74. The van der Waals surface area contributed by atoms with E-state index in [1.165, 1.54) is 7.05 Å². The monoisotopic (exact) mass is 159 g/mol. The summed E-state index contributed by atoms with van der Waals surface area (Å²) in [7, 11) is 1.48. The summed E-state index contributed by atoms with van der Waals surface area (Å²) >= 11 is 0. The van der Waals surface area contributed by atoms with Crippen LogP contribution in [-0.4, -0.2) is 41.4 Å². The predicted molar refractivity (Wildman–Crippen MR) is 41.5 cm³/mol. The highest BCUT2D eigenvalue weighted by molar-refractivity contribution is 5.64. The smallest absolute Gasteiger partial charge is 0.407 e. The van der Waals surface area contributed by atoms with E-state index in [-0.39, 0.29) is 6.61 Å². The van der Waals surface area contributed by atoms with Crippen LogP contribution in [0.1, 0.15) is 6.92 Å². The van der Waals surface area contributed by atoms with Crippen molar-refractivity contribution in [1.29, 1.82) is 0 Å². The highest BCUT2D eigenvalue weighted by atomic mass is 16.4. The van der Waals surface area contributed by atoms with Gasteiger partial charge in [-0.15, -0.1) is 0 Å². The Bertz CT molecular complexity index is 165. The Morgan fingerprint density at radius 2 is 2.18 bits per heavy atom. The molecule has 0 spiro atoms. The third kappa shape index (κ3) is 4.38. The maximum absolute atomic E-state index is 10.3. The van der Waals surface area contributed by atoms with E-state index in [1.807, 2.05) is 0 Å². The first-order chi connectivity index (χ1) is 5.07. The second-order valence-electron chi connectivity index (χ2n) is 2.37. The van der Waals surface area contributed by atoms with Gasteiger partial charge >= 0.3 is 6.09 Å². The third-order valence-electron chi connectivity index (χ3n) is 1.25. The van der Waals surface area contributed by atoms with Crippen LogP contribution in [0, 0.1) is 0 Å². The van der Waals surface area contributed by atoms with Crippen molar-refractivity contribution in [2.75, 3.05) is 20.2 Å². The fourth-order valence-electron chi connectivity index (χ4n) is 0.662. The number of carbonyl (C=O) groups is 1. The highest BCUT2D eigenvalue weighted by Gasteiger charge is 2.03. The van der Waals surface area contributed by atoms with Crippen LogP contribution in [0.3, 0.4) is 0 Å². The van der Waals surface area contributed by atoms with Crippen molar-refractivity contribution in [1.82, 2.24) is 4.90 Å². The van der Waals surface area contributed by atoms with E-state index >= 15 is 0 Å². The summed E-state index contributed by atoms with van der Waals surface area (Å²) < 4.78 is 0. The lowest BCUT2D eigenvalue weighted by Gasteiger charge is -2.12. The van der Waals surface area contributed by atoms with Gasteiger partial charge < -0.3 is 15.1 Å². The number of hydrogen-bond donors (Lipinski definition) is 2. The Kier molecular flexibility index (Phi) is 4.29. The van der Waals surface area contributed by atoms with Crippen molar-refractivity contribution in [2.45, 2.75) is 6.92 Å². The van der Waals surface area contributed by atoms with Crippen molar-refractivity contribution < 1.29 is 15.0 Å². The zero-order valence-corrected chi connectivity index (χ0v) is 6.74. The van der Waals surface area contributed by atoms with E-state index in [4.69, 9.17) is 10.2 Å². The Labute approximate surface area is 65.7 Å². The van der Waals surface area contributed by atoms with E-state index < -0.39 is 6.09 Å². The van der Waals surface area contributed by atoms with Crippen LogP contribution in [-0.2, 0) is 0 Å². The third-order valence-corrected chi connectivity index (χ3v) is 1.25. The van der Waals surface area contributed by atoms with Crippen LogP contribution < -0.4 is 0 Å². The molecule has 0 aliphatic heterocycles. The van der Waals surface area contributed by atoms with Crippen molar-refractivity contribution in [3.63, 3.8) is 0 Å². The maximum atomic E-state index is 10.3. The molecule has 0 rings (SSSR count). The maximum Gasteiger partial charge on any atom is 0.407 e. The summed E-state index contributed by atoms with van der Waals surface area (Å²) in [6.45, 7) is 2.07. The molecule has 0 bridgehead atoms. The molecule has 0 aromatic heterocycles. The zero-order chi connectivity index (χ0) is 8.85. The van der Waals surface area contributed by atoms with Gasteiger partial charge in [-0.3, -0.25) is 0 Å². The fourth-order valence-corrected chi connectivity index (χ4v) is 0.662. The van der Waals surface area contributed by atoms with E-state index in [0.717, 1.165) is 10.5 Å². The van der Waals surface area contributed by atoms with Gasteiger partial charge in [0.05, 0.1) is 6.61 Å². The van der Waals surface area contributed by atoms with Gasteiger partial charge in [0.15, 0.2) is 0 Å². The molecule has 0 unspecified atom stereocenters. The molecule has 0 aliphatic rings. The van der Waals surface area contributed by atoms with Gasteiger partial charge in [0.25, 0.3) is 0 Å². The molecule has 0 atom stereocenters. The molecule has 0 saturated carbocycles. The molecule has 0 aromatic rings. The number of aliphatic hydroxyl groups is 1. The summed E-state index contributed by atoms with van der Waals surface area (Å²) in [5, 5.41) is 16.9. The molecular formula is C7H13NO3. The minimum atomic E-state index is -0.962. The molecule has 0 fully saturated rings. The lowest BCUT2D eigenvalue weighted by Crippen LogP contribution is -2.26. The van der Waals surface area contributed by atoms with E-state index in [0.29, 0.717) is 6.54 Å².